The van der Waals surface area contributed by atoms with Crippen LogP contribution in [0.1, 0.15) is 36.9 Å². The zero-order valence-corrected chi connectivity index (χ0v) is 12.7. The van der Waals surface area contributed by atoms with Crippen molar-refractivity contribution < 1.29 is 0 Å². The van der Waals surface area contributed by atoms with E-state index in [1.165, 1.54) is 25.7 Å². The number of nitrogens with zero attached hydrogens (tertiary/aromatic N) is 2. The van der Waals surface area contributed by atoms with Gasteiger partial charge in [0, 0.05) is 29.7 Å². The number of rotatable bonds is 5. The zero-order valence-electron chi connectivity index (χ0n) is 11.2. The highest BCUT2D eigenvalue weighted by molar-refractivity contribution is 7.99. The molecule has 1 aromatic heterocycles. The van der Waals surface area contributed by atoms with Crippen LogP contribution in [-0.4, -0.2) is 26.8 Å². The van der Waals surface area contributed by atoms with E-state index in [1.807, 2.05) is 25.7 Å². The molecule has 2 N–H and O–H groups in total. The molecular weight excluding hydrogens is 266 g/mol. The smallest absolute Gasteiger partial charge is 0.130 e. The minimum absolute atomic E-state index is 0.177. The van der Waals surface area contributed by atoms with Gasteiger partial charge in [-0.05, 0) is 26.2 Å². The van der Waals surface area contributed by atoms with Gasteiger partial charge < -0.3 is 5.73 Å². The maximum atomic E-state index is 6.22. The molecule has 1 saturated carbocycles. The molecule has 1 unspecified atom stereocenters. The quantitative estimate of drug-likeness (QED) is 0.905. The van der Waals surface area contributed by atoms with Crippen LogP contribution in [-0.2, 0) is 13.5 Å². The second-order valence-electron chi connectivity index (χ2n) is 5.18. The molecule has 0 aliphatic heterocycles. The van der Waals surface area contributed by atoms with Gasteiger partial charge in [-0.2, -0.15) is 16.9 Å². The normalized spacial score (nSPS) is 18.4. The fourth-order valence-corrected chi connectivity index (χ4v) is 4.10. The van der Waals surface area contributed by atoms with Crippen molar-refractivity contribution in [1.82, 2.24) is 9.78 Å². The van der Waals surface area contributed by atoms with Crippen LogP contribution in [0.25, 0.3) is 0 Å². The van der Waals surface area contributed by atoms with E-state index in [9.17, 15) is 0 Å². The number of halogens is 1. The molecule has 1 aliphatic carbocycles. The SMILES string of the molecule is Cc1nn(C)c(Cl)c1CC(N)CSC1CCCC1. The summed E-state index contributed by atoms with van der Waals surface area (Å²) in [7, 11) is 1.87. The lowest BCUT2D eigenvalue weighted by Crippen LogP contribution is -2.26. The summed E-state index contributed by atoms with van der Waals surface area (Å²) in [5.41, 5.74) is 8.33. The van der Waals surface area contributed by atoms with Gasteiger partial charge in [0.2, 0.25) is 0 Å². The predicted octanol–water partition coefficient (Wildman–Crippen LogP) is 2.93. The van der Waals surface area contributed by atoms with E-state index in [2.05, 4.69) is 5.10 Å². The van der Waals surface area contributed by atoms with E-state index >= 15 is 0 Å². The van der Waals surface area contributed by atoms with Crippen molar-refractivity contribution in [2.75, 3.05) is 5.75 Å². The van der Waals surface area contributed by atoms with Gasteiger partial charge in [-0.3, -0.25) is 4.68 Å². The molecule has 3 nitrogen and oxygen atoms in total. The number of hydrogen-bond acceptors (Lipinski definition) is 3. The second-order valence-corrected chi connectivity index (χ2v) is 6.87. The summed E-state index contributed by atoms with van der Waals surface area (Å²) < 4.78 is 1.73. The molecule has 0 bridgehead atoms. The molecule has 1 fully saturated rings. The van der Waals surface area contributed by atoms with Crippen LogP contribution in [0.4, 0.5) is 0 Å². The Labute approximate surface area is 118 Å². The highest BCUT2D eigenvalue weighted by atomic mass is 35.5. The standard InChI is InChI=1S/C13H22ClN3S/c1-9-12(13(14)17(2)16-9)7-10(15)8-18-11-5-3-4-6-11/h10-11H,3-8,15H2,1-2H3. The Kier molecular flexibility index (Phi) is 4.98. The highest BCUT2D eigenvalue weighted by Crippen LogP contribution is 2.30. The molecule has 1 heterocycles. The Balaban J connectivity index is 1.84. The first kappa shape index (κ1) is 14.2. The first-order chi connectivity index (χ1) is 8.58. The van der Waals surface area contributed by atoms with E-state index in [4.69, 9.17) is 17.3 Å². The maximum absolute atomic E-state index is 6.22. The zero-order chi connectivity index (χ0) is 13.1. The van der Waals surface area contributed by atoms with Crippen LogP contribution >= 0.6 is 23.4 Å². The summed E-state index contributed by atoms with van der Waals surface area (Å²) in [6.07, 6.45) is 6.34. The number of aryl methyl sites for hydroxylation is 2. The van der Waals surface area contributed by atoms with Crippen molar-refractivity contribution in [3.05, 3.63) is 16.4 Å². The number of hydrogen-bond donors (Lipinski definition) is 1. The van der Waals surface area contributed by atoms with E-state index in [0.717, 1.165) is 33.8 Å². The lowest BCUT2D eigenvalue weighted by atomic mass is 10.1. The van der Waals surface area contributed by atoms with Gasteiger partial charge in [0.1, 0.15) is 5.15 Å². The molecule has 0 amide bonds. The molecule has 102 valence electrons. The Morgan fingerprint density at radius 3 is 2.72 bits per heavy atom. The van der Waals surface area contributed by atoms with E-state index < -0.39 is 0 Å². The van der Waals surface area contributed by atoms with Crippen LogP contribution in [0.3, 0.4) is 0 Å². The van der Waals surface area contributed by atoms with Gasteiger partial charge >= 0.3 is 0 Å². The summed E-state index contributed by atoms with van der Waals surface area (Å²) in [6, 6.07) is 0.177. The van der Waals surface area contributed by atoms with E-state index in [1.54, 1.807) is 4.68 Å². The molecule has 0 saturated heterocycles. The molecule has 5 heteroatoms. The van der Waals surface area contributed by atoms with Crippen LogP contribution < -0.4 is 5.73 Å². The Bertz CT molecular complexity index is 399. The molecule has 0 aromatic carbocycles. The largest absolute Gasteiger partial charge is 0.327 e. The van der Waals surface area contributed by atoms with Gasteiger partial charge in [0.15, 0.2) is 0 Å². The van der Waals surface area contributed by atoms with Crippen LogP contribution in [0.5, 0.6) is 0 Å². The van der Waals surface area contributed by atoms with Crippen LogP contribution in [0.2, 0.25) is 5.15 Å². The number of nitrogens with two attached hydrogens (primary N) is 1. The molecule has 0 radical (unpaired) electrons. The maximum Gasteiger partial charge on any atom is 0.130 e. The van der Waals surface area contributed by atoms with Crippen molar-refractivity contribution in [1.29, 1.82) is 0 Å². The van der Waals surface area contributed by atoms with E-state index in [-0.39, 0.29) is 6.04 Å². The Hall–Kier alpha value is -0.190. The monoisotopic (exact) mass is 287 g/mol. The van der Waals surface area contributed by atoms with Crippen LogP contribution in [0.15, 0.2) is 0 Å². The van der Waals surface area contributed by atoms with Crippen molar-refractivity contribution >= 4 is 23.4 Å². The average Bonchev–Trinajstić information content (AvgIpc) is 2.92. The van der Waals surface area contributed by atoms with Crippen molar-refractivity contribution in [2.24, 2.45) is 12.8 Å². The van der Waals surface area contributed by atoms with Gasteiger partial charge in [-0.1, -0.05) is 24.4 Å². The Morgan fingerprint density at radius 2 is 2.17 bits per heavy atom. The summed E-state index contributed by atoms with van der Waals surface area (Å²) >= 11 is 8.26. The first-order valence-corrected chi connectivity index (χ1v) is 8.05. The summed E-state index contributed by atoms with van der Waals surface area (Å²) in [5, 5.41) is 5.89. The lowest BCUT2D eigenvalue weighted by molar-refractivity contribution is 0.739. The minimum Gasteiger partial charge on any atom is -0.327 e. The lowest BCUT2D eigenvalue weighted by Gasteiger charge is -2.14. The molecule has 18 heavy (non-hydrogen) atoms. The summed E-state index contributed by atoms with van der Waals surface area (Å²) in [6.45, 7) is 2.00. The summed E-state index contributed by atoms with van der Waals surface area (Å²) in [4.78, 5) is 0. The average molecular weight is 288 g/mol. The molecule has 2 rings (SSSR count). The minimum atomic E-state index is 0.177. The van der Waals surface area contributed by atoms with E-state index in [0.29, 0.717) is 0 Å². The van der Waals surface area contributed by atoms with Gasteiger partial charge in [-0.15, -0.1) is 0 Å². The third kappa shape index (κ3) is 3.43. The fraction of sp³-hybridized carbons (Fsp3) is 0.769. The van der Waals surface area contributed by atoms with Crippen molar-refractivity contribution in [3.8, 4) is 0 Å². The fourth-order valence-electron chi connectivity index (χ4n) is 2.54. The molecule has 0 spiro atoms. The second kappa shape index (κ2) is 6.31. The van der Waals surface area contributed by atoms with Gasteiger partial charge in [-0.25, -0.2) is 0 Å². The van der Waals surface area contributed by atoms with Crippen molar-refractivity contribution in [2.45, 2.75) is 50.3 Å². The van der Waals surface area contributed by atoms with Gasteiger partial charge in [0.05, 0.1) is 5.69 Å². The molecular formula is C13H22ClN3S. The summed E-state index contributed by atoms with van der Waals surface area (Å²) in [5.74, 6) is 1.02. The van der Waals surface area contributed by atoms with Crippen molar-refractivity contribution in [3.63, 3.8) is 0 Å². The Morgan fingerprint density at radius 1 is 1.50 bits per heavy atom. The third-order valence-corrected chi connectivity index (χ3v) is 5.62. The number of aromatic nitrogens is 2. The molecule has 1 aromatic rings. The predicted molar refractivity (Wildman–Crippen MR) is 79.3 cm³/mol. The topological polar surface area (TPSA) is 43.8 Å². The van der Waals surface area contributed by atoms with Crippen LogP contribution in [0, 0.1) is 6.92 Å². The molecule has 1 atom stereocenters. The molecule has 1 aliphatic rings. The third-order valence-electron chi connectivity index (χ3n) is 3.58. The first-order valence-electron chi connectivity index (χ1n) is 6.63. The number of thioether (sulfide) groups is 1. The van der Waals surface area contributed by atoms with Gasteiger partial charge in [0.25, 0.3) is 0 Å². The highest BCUT2D eigenvalue weighted by Gasteiger charge is 2.18.